The average molecular weight is 496 g/mol. The SMILES string of the molecule is CO[C@@](C(=O)N1CCC2(CC1)CC(=O)NCC2c1cc(F)cc(F)c1)(c1ccccc1)C(F)(F)F. The molecule has 2 amide bonds. The van der Waals surface area contributed by atoms with Gasteiger partial charge in [-0.3, -0.25) is 9.59 Å². The number of nitrogens with one attached hydrogen (secondary N) is 1. The Morgan fingerprint density at radius 1 is 1.06 bits per heavy atom. The van der Waals surface area contributed by atoms with Crippen LogP contribution in [0.1, 0.15) is 36.3 Å². The van der Waals surface area contributed by atoms with Crippen molar-refractivity contribution in [3.8, 4) is 0 Å². The highest BCUT2D eigenvalue weighted by Gasteiger charge is 2.64. The fourth-order valence-electron chi connectivity index (χ4n) is 5.49. The number of carbonyl (C=O) groups excluding carboxylic acids is 2. The number of likely N-dealkylation sites (tertiary alicyclic amines) is 1. The number of amides is 2. The lowest BCUT2D eigenvalue weighted by atomic mass is 9.62. The van der Waals surface area contributed by atoms with E-state index >= 15 is 0 Å². The molecule has 1 unspecified atom stereocenters. The van der Waals surface area contributed by atoms with E-state index in [1.54, 1.807) is 6.07 Å². The van der Waals surface area contributed by atoms with Gasteiger partial charge in [0.2, 0.25) is 5.91 Å². The smallest absolute Gasteiger partial charge is 0.356 e. The predicted molar refractivity (Wildman–Crippen MR) is 116 cm³/mol. The fraction of sp³-hybridized carbons (Fsp3) is 0.440. The predicted octanol–water partition coefficient (Wildman–Crippen LogP) is 4.28. The summed E-state index contributed by atoms with van der Waals surface area (Å²) < 4.78 is 75.7. The van der Waals surface area contributed by atoms with Crippen LogP contribution in [0.25, 0.3) is 0 Å². The van der Waals surface area contributed by atoms with Crippen LogP contribution in [-0.2, 0) is 19.9 Å². The highest BCUT2D eigenvalue weighted by atomic mass is 19.4. The van der Waals surface area contributed by atoms with Crippen molar-refractivity contribution in [2.24, 2.45) is 5.41 Å². The molecule has 2 aliphatic rings. The summed E-state index contributed by atoms with van der Waals surface area (Å²) in [6.45, 7) is 0.0210. The molecule has 2 aromatic carbocycles. The zero-order valence-electron chi connectivity index (χ0n) is 19.0. The monoisotopic (exact) mass is 496 g/mol. The zero-order valence-corrected chi connectivity index (χ0v) is 19.0. The Morgan fingerprint density at radius 3 is 2.20 bits per heavy atom. The van der Waals surface area contributed by atoms with Gasteiger partial charge in [0.05, 0.1) is 0 Å². The first-order chi connectivity index (χ1) is 16.5. The van der Waals surface area contributed by atoms with Crippen molar-refractivity contribution in [1.29, 1.82) is 0 Å². The van der Waals surface area contributed by atoms with Crippen molar-refractivity contribution in [2.45, 2.75) is 37.0 Å². The Labute approximate surface area is 199 Å². The largest absolute Gasteiger partial charge is 0.430 e. The average Bonchev–Trinajstić information content (AvgIpc) is 2.79. The molecule has 2 saturated heterocycles. The molecule has 0 bridgehead atoms. The van der Waals surface area contributed by atoms with Gasteiger partial charge in [-0.1, -0.05) is 30.3 Å². The second kappa shape index (κ2) is 9.22. The number of hydrogen-bond acceptors (Lipinski definition) is 3. The third-order valence-corrected chi connectivity index (χ3v) is 7.28. The molecule has 2 fully saturated rings. The normalized spacial score (nSPS) is 21.9. The Morgan fingerprint density at radius 2 is 1.66 bits per heavy atom. The lowest BCUT2D eigenvalue weighted by Gasteiger charge is -2.50. The number of benzene rings is 2. The Kier molecular flexibility index (Phi) is 6.61. The molecule has 0 radical (unpaired) electrons. The number of carbonyl (C=O) groups is 2. The molecule has 1 N–H and O–H groups in total. The minimum absolute atomic E-state index is 0.0468. The first-order valence-electron chi connectivity index (χ1n) is 11.2. The third-order valence-electron chi connectivity index (χ3n) is 7.28. The van der Waals surface area contributed by atoms with Crippen LogP contribution < -0.4 is 5.32 Å². The van der Waals surface area contributed by atoms with Gasteiger partial charge < -0.3 is 15.0 Å². The van der Waals surface area contributed by atoms with Gasteiger partial charge in [0, 0.05) is 50.7 Å². The van der Waals surface area contributed by atoms with Crippen molar-refractivity contribution in [3.05, 3.63) is 71.3 Å². The van der Waals surface area contributed by atoms with Crippen molar-refractivity contribution in [3.63, 3.8) is 0 Å². The van der Waals surface area contributed by atoms with E-state index in [0.717, 1.165) is 18.1 Å². The van der Waals surface area contributed by atoms with Gasteiger partial charge in [-0.05, 0) is 36.0 Å². The van der Waals surface area contributed by atoms with Gasteiger partial charge in [-0.25, -0.2) is 8.78 Å². The molecule has 5 nitrogen and oxygen atoms in total. The number of nitrogens with zero attached hydrogens (tertiary/aromatic N) is 1. The Balaban J connectivity index is 1.63. The van der Waals surface area contributed by atoms with Crippen LogP contribution in [-0.4, -0.2) is 49.6 Å². The summed E-state index contributed by atoms with van der Waals surface area (Å²) in [6, 6.07) is 9.90. The molecule has 10 heteroatoms. The first-order valence-corrected chi connectivity index (χ1v) is 11.2. The Bertz CT molecular complexity index is 1080. The maximum atomic E-state index is 14.3. The van der Waals surface area contributed by atoms with Gasteiger partial charge in [-0.2, -0.15) is 13.2 Å². The highest BCUT2D eigenvalue weighted by Crippen LogP contribution is 2.50. The van der Waals surface area contributed by atoms with Gasteiger partial charge in [0.25, 0.3) is 11.5 Å². The molecule has 2 aromatic rings. The maximum absolute atomic E-state index is 14.3. The van der Waals surface area contributed by atoms with E-state index in [4.69, 9.17) is 4.74 Å². The van der Waals surface area contributed by atoms with Crippen LogP contribution in [0.3, 0.4) is 0 Å². The van der Waals surface area contributed by atoms with E-state index in [9.17, 15) is 31.5 Å². The summed E-state index contributed by atoms with van der Waals surface area (Å²) in [7, 11) is 0.851. The zero-order chi connectivity index (χ0) is 25.4. The number of methoxy groups -OCH3 is 1. The Hall–Kier alpha value is -3.01. The van der Waals surface area contributed by atoms with E-state index in [2.05, 4.69) is 5.32 Å². The number of rotatable bonds is 4. The summed E-state index contributed by atoms with van der Waals surface area (Å²) >= 11 is 0. The number of ether oxygens (including phenoxy) is 1. The number of piperidine rings is 2. The van der Waals surface area contributed by atoms with Gasteiger partial charge in [-0.15, -0.1) is 0 Å². The summed E-state index contributed by atoms with van der Waals surface area (Å²) in [5.41, 5.74) is -3.88. The van der Waals surface area contributed by atoms with Crippen LogP contribution in [0.4, 0.5) is 22.0 Å². The first kappa shape index (κ1) is 25.1. The van der Waals surface area contributed by atoms with Crippen molar-refractivity contribution in [1.82, 2.24) is 10.2 Å². The molecule has 2 heterocycles. The van der Waals surface area contributed by atoms with E-state index < -0.39 is 40.7 Å². The minimum atomic E-state index is -5.03. The van der Waals surface area contributed by atoms with Crippen molar-refractivity contribution >= 4 is 11.8 Å². The fourth-order valence-corrected chi connectivity index (χ4v) is 5.49. The van der Waals surface area contributed by atoms with Gasteiger partial charge in [0.15, 0.2) is 0 Å². The van der Waals surface area contributed by atoms with Crippen LogP contribution in [0.15, 0.2) is 48.5 Å². The van der Waals surface area contributed by atoms with E-state index in [0.29, 0.717) is 5.56 Å². The van der Waals surface area contributed by atoms with Gasteiger partial charge in [0.1, 0.15) is 11.6 Å². The van der Waals surface area contributed by atoms with Crippen LogP contribution >= 0.6 is 0 Å². The van der Waals surface area contributed by atoms with Crippen LogP contribution in [0, 0.1) is 17.0 Å². The lowest BCUT2D eigenvalue weighted by Crippen LogP contribution is -2.60. The molecular formula is C25H25F5N2O3. The van der Waals surface area contributed by atoms with Crippen molar-refractivity contribution < 1.29 is 36.3 Å². The molecule has 188 valence electrons. The second-order valence-corrected chi connectivity index (χ2v) is 9.14. The van der Waals surface area contributed by atoms with Crippen LogP contribution in [0.2, 0.25) is 0 Å². The molecule has 0 saturated carbocycles. The third kappa shape index (κ3) is 4.39. The molecule has 0 aromatic heterocycles. The van der Waals surface area contributed by atoms with Gasteiger partial charge >= 0.3 is 6.18 Å². The molecule has 2 atom stereocenters. The van der Waals surface area contributed by atoms with E-state index in [1.807, 2.05) is 0 Å². The lowest BCUT2D eigenvalue weighted by molar-refractivity contribution is -0.271. The summed E-state index contributed by atoms with van der Waals surface area (Å²) in [4.78, 5) is 26.8. The molecule has 2 aliphatic heterocycles. The number of halogens is 5. The molecule has 1 spiro atoms. The van der Waals surface area contributed by atoms with Crippen molar-refractivity contribution in [2.75, 3.05) is 26.7 Å². The second-order valence-electron chi connectivity index (χ2n) is 9.14. The molecule has 4 rings (SSSR count). The van der Waals surface area contributed by atoms with E-state index in [-0.39, 0.29) is 50.4 Å². The highest BCUT2D eigenvalue weighted by molar-refractivity contribution is 5.88. The maximum Gasteiger partial charge on any atom is 0.430 e. The van der Waals surface area contributed by atoms with E-state index in [1.165, 1.54) is 36.4 Å². The quantitative estimate of drug-likeness (QED) is 0.643. The summed E-state index contributed by atoms with van der Waals surface area (Å²) in [6.07, 6.45) is -4.59. The summed E-state index contributed by atoms with van der Waals surface area (Å²) in [5, 5.41) is 2.72. The van der Waals surface area contributed by atoms with Crippen LogP contribution in [0.5, 0.6) is 0 Å². The molecular weight excluding hydrogens is 471 g/mol. The molecule has 0 aliphatic carbocycles. The number of alkyl halides is 3. The number of hydrogen-bond donors (Lipinski definition) is 1. The topological polar surface area (TPSA) is 58.6 Å². The summed E-state index contributed by atoms with van der Waals surface area (Å²) in [5.74, 6) is -3.44. The molecule has 35 heavy (non-hydrogen) atoms. The standard InChI is InChI=1S/C25H25F5N2O3/c1-35-24(25(28,29)30,17-5-3-2-4-6-17)22(34)32-9-7-23(8-10-32)14-21(33)31-15-20(23)16-11-18(26)13-19(27)12-16/h2-6,11-13,20H,7-10,14-15H2,1H3,(H,31,33)/t20?,24-/m1/s1. The minimum Gasteiger partial charge on any atom is -0.356 e.